The van der Waals surface area contributed by atoms with Gasteiger partial charge in [0.25, 0.3) is 0 Å². The fourth-order valence-corrected chi connectivity index (χ4v) is 2.96. The fourth-order valence-electron chi connectivity index (χ4n) is 2.32. The summed E-state index contributed by atoms with van der Waals surface area (Å²) >= 11 is 1.71. The number of guanidine groups is 1. The van der Waals surface area contributed by atoms with E-state index in [1.165, 1.54) is 4.88 Å². The van der Waals surface area contributed by atoms with Gasteiger partial charge in [0, 0.05) is 23.6 Å². The predicted molar refractivity (Wildman–Crippen MR) is 117 cm³/mol. The van der Waals surface area contributed by atoms with E-state index < -0.39 is 0 Å². The Morgan fingerprint density at radius 3 is 2.27 bits per heavy atom. The van der Waals surface area contributed by atoms with Gasteiger partial charge < -0.3 is 24.8 Å². The molecule has 2 N–H and O–H groups in total. The molecule has 1 heterocycles. The van der Waals surface area contributed by atoms with Crippen molar-refractivity contribution in [3.8, 4) is 17.2 Å². The van der Waals surface area contributed by atoms with E-state index in [-0.39, 0.29) is 24.0 Å². The molecule has 0 spiro atoms. The molecular formula is C18H26IN3O3S. The average molecular weight is 491 g/mol. The lowest BCUT2D eigenvalue weighted by Crippen LogP contribution is -2.36. The number of rotatable bonds is 8. The third-order valence-corrected chi connectivity index (χ3v) is 4.44. The summed E-state index contributed by atoms with van der Waals surface area (Å²) in [7, 11) is 4.87. The first-order chi connectivity index (χ1) is 12.2. The quantitative estimate of drug-likeness (QED) is 0.336. The van der Waals surface area contributed by atoms with E-state index in [4.69, 9.17) is 14.2 Å². The molecular weight excluding hydrogens is 465 g/mol. The topological polar surface area (TPSA) is 64.1 Å². The molecule has 0 radical (unpaired) electrons. The normalized spacial score (nSPS) is 10.7. The van der Waals surface area contributed by atoms with Gasteiger partial charge >= 0.3 is 0 Å². The van der Waals surface area contributed by atoms with E-state index in [9.17, 15) is 0 Å². The van der Waals surface area contributed by atoms with E-state index in [0.29, 0.717) is 23.8 Å². The molecule has 2 rings (SSSR count). The molecule has 26 heavy (non-hydrogen) atoms. The zero-order valence-corrected chi connectivity index (χ0v) is 18.6. The van der Waals surface area contributed by atoms with Crippen LogP contribution in [0.1, 0.15) is 17.4 Å². The first-order valence-electron chi connectivity index (χ1n) is 8.05. The van der Waals surface area contributed by atoms with Gasteiger partial charge in [-0.25, -0.2) is 4.99 Å². The maximum absolute atomic E-state index is 5.47. The van der Waals surface area contributed by atoms with E-state index in [2.05, 4.69) is 27.1 Å². The first kappa shape index (κ1) is 22.4. The van der Waals surface area contributed by atoms with E-state index >= 15 is 0 Å². The number of thiophene rings is 1. The highest BCUT2D eigenvalue weighted by Gasteiger charge is 2.13. The summed E-state index contributed by atoms with van der Waals surface area (Å²) in [6, 6.07) is 7.80. The van der Waals surface area contributed by atoms with Crippen molar-refractivity contribution in [1.29, 1.82) is 0 Å². The third kappa shape index (κ3) is 6.24. The highest BCUT2D eigenvalue weighted by atomic mass is 127. The zero-order valence-electron chi connectivity index (χ0n) is 15.5. The summed E-state index contributed by atoms with van der Waals surface area (Å²) in [4.78, 5) is 5.91. The zero-order chi connectivity index (χ0) is 18.1. The molecule has 0 aliphatic carbocycles. The molecule has 0 saturated heterocycles. The molecule has 144 valence electrons. The van der Waals surface area contributed by atoms with Crippen LogP contribution in [0.5, 0.6) is 17.2 Å². The Hall–Kier alpha value is -1.68. The number of benzene rings is 1. The molecule has 0 aliphatic rings. The van der Waals surface area contributed by atoms with Crippen LogP contribution in [-0.2, 0) is 13.1 Å². The number of methoxy groups -OCH3 is 3. The molecule has 2 aromatic rings. The van der Waals surface area contributed by atoms with Gasteiger partial charge in [0.1, 0.15) is 17.2 Å². The molecule has 1 aromatic carbocycles. The van der Waals surface area contributed by atoms with Crippen LogP contribution < -0.4 is 24.8 Å². The standard InChI is InChI=1S/C18H25N3O3S.HI/c1-5-19-18(20-11-14-7-6-8-25-14)21-12-15-16(23-3)9-13(22-2)10-17(15)24-4;/h6-10H,5,11-12H2,1-4H3,(H2,19,20,21);1H. The summed E-state index contributed by atoms with van der Waals surface area (Å²) in [6.07, 6.45) is 0. The Labute approximate surface area is 176 Å². The molecule has 0 amide bonds. The Bertz CT molecular complexity index is 668. The largest absolute Gasteiger partial charge is 0.496 e. The smallest absolute Gasteiger partial charge is 0.191 e. The van der Waals surface area contributed by atoms with Crippen LogP contribution in [-0.4, -0.2) is 33.8 Å². The van der Waals surface area contributed by atoms with Gasteiger partial charge in [-0.2, -0.15) is 0 Å². The van der Waals surface area contributed by atoms with Crippen molar-refractivity contribution < 1.29 is 14.2 Å². The van der Waals surface area contributed by atoms with Crippen molar-refractivity contribution in [2.75, 3.05) is 27.9 Å². The number of nitrogens with one attached hydrogen (secondary N) is 2. The molecule has 0 aliphatic heterocycles. The van der Waals surface area contributed by atoms with Crippen LogP contribution in [0.15, 0.2) is 34.6 Å². The minimum Gasteiger partial charge on any atom is -0.496 e. The van der Waals surface area contributed by atoms with Crippen molar-refractivity contribution in [2.24, 2.45) is 4.99 Å². The average Bonchev–Trinajstić information content (AvgIpc) is 3.16. The van der Waals surface area contributed by atoms with Crippen molar-refractivity contribution in [2.45, 2.75) is 20.0 Å². The maximum atomic E-state index is 5.47. The Balaban J connectivity index is 0.00000338. The van der Waals surface area contributed by atoms with Crippen LogP contribution in [0.3, 0.4) is 0 Å². The second kappa shape index (κ2) is 11.8. The molecule has 0 fully saturated rings. The molecule has 0 saturated carbocycles. The van der Waals surface area contributed by atoms with Crippen molar-refractivity contribution in [3.63, 3.8) is 0 Å². The van der Waals surface area contributed by atoms with Gasteiger partial charge in [-0.1, -0.05) is 6.07 Å². The number of ether oxygens (including phenoxy) is 3. The summed E-state index contributed by atoms with van der Waals surface area (Å²) in [6.45, 7) is 3.99. The van der Waals surface area contributed by atoms with Gasteiger partial charge in [-0.05, 0) is 18.4 Å². The fraction of sp³-hybridized carbons (Fsp3) is 0.389. The first-order valence-corrected chi connectivity index (χ1v) is 8.93. The van der Waals surface area contributed by atoms with Gasteiger partial charge in [0.05, 0.1) is 40.0 Å². The van der Waals surface area contributed by atoms with E-state index in [1.807, 2.05) is 25.1 Å². The number of hydrogen-bond donors (Lipinski definition) is 2. The van der Waals surface area contributed by atoms with Crippen LogP contribution >= 0.6 is 35.3 Å². The summed E-state index contributed by atoms with van der Waals surface area (Å²) in [5.74, 6) is 2.81. The van der Waals surface area contributed by atoms with Gasteiger partial charge in [-0.15, -0.1) is 35.3 Å². The molecule has 0 atom stereocenters. The lowest BCUT2D eigenvalue weighted by atomic mass is 10.1. The van der Waals surface area contributed by atoms with Crippen LogP contribution in [0.25, 0.3) is 0 Å². The van der Waals surface area contributed by atoms with Crippen LogP contribution in [0.4, 0.5) is 0 Å². The molecule has 6 nitrogen and oxygen atoms in total. The lowest BCUT2D eigenvalue weighted by molar-refractivity contribution is 0.369. The SMILES string of the molecule is CCNC(=NCc1c(OC)cc(OC)cc1OC)NCc1cccs1.I. The van der Waals surface area contributed by atoms with Crippen LogP contribution in [0, 0.1) is 0 Å². The van der Waals surface area contributed by atoms with Gasteiger partial charge in [-0.3, -0.25) is 0 Å². The number of nitrogens with zero attached hydrogens (tertiary/aromatic N) is 1. The highest BCUT2D eigenvalue weighted by Crippen LogP contribution is 2.34. The summed E-state index contributed by atoms with van der Waals surface area (Å²) in [5.41, 5.74) is 0.874. The highest BCUT2D eigenvalue weighted by molar-refractivity contribution is 14.0. The second-order valence-corrected chi connectivity index (χ2v) is 6.17. The minimum absolute atomic E-state index is 0. The van der Waals surface area contributed by atoms with Gasteiger partial charge in [0.2, 0.25) is 0 Å². The van der Waals surface area contributed by atoms with E-state index in [0.717, 1.165) is 24.6 Å². The second-order valence-electron chi connectivity index (χ2n) is 5.14. The Kier molecular flexibility index (Phi) is 10.2. The maximum Gasteiger partial charge on any atom is 0.191 e. The number of halogens is 1. The monoisotopic (exact) mass is 491 g/mol. The lowest BCUT2D eigenvalue weighted by Gasteiger charge is -2.15. The van der Waals surface area contributed by atoms with Crippen molar-refractivity contribution in [3.05, 3.63) is 40.1 Å². The minimum atomic E-state index is 0. The summed E-state index contributed by atoms with van der Waals surface area (Å²) < 4.78 is 16.2. The predicted octanol–water partition coefficient (Wildman–Crippen LogP) is 3.65. The number of hydrogen-bond acceptors (Lipinski definition) is 5. The number of aliphatic imine (C=N–C) groups is 1. The molecule has 1 aromatic heterocycles. The van der Waals surface area contributed by atoms with Crippen molar-refractivity contribution in [1.82, 2.24) is 10.6 Å². The molecule has 8 heteroatoms. The Morgan fingerprint density at radius 2 is 1.77 bits per heavy atom. The summed E-state index contributed by atoms with van der Waals surface area (Å²) in [5, 5.41) is 8.65. The van der Waals surface area contributed by atoms with E-state index in [1.54, 1.807) is 32.7 Å². The molecule has 0 bridgehead atoms. The third-order valence-electron chi connectivity index (χ3n) is 3.57. The van der Waals surface area contributed by atoms with Crippen molar-refractivity contribution >= 4 is 41.3 Å². The Morgan fingerprint density at radius 1 is 1.08 bits per heavy atom. The van der Waals surface area contributed by atoms with Gasteiger partial charge in [0.15, 0.2) is 5.96 Å². The van der Waals surface area contributed by atoms with Crippen LogP contribution in [0.2, 0.25) is 0 Å². The molecule has 0 unspecified atom stereocenters.